The zero-order valence-electron chi connectivity index (χ0n) is 14.5. The van der Waals surface area contributed by atoms with E-state index in [1.807, 2.05) is 24.3 Å². The number of benzene rings is 6. The molecule has 0 spiro atoms. The van der Waals surface area contributed by atoms with Crippen LogP contribution in [-0.2, 0) is 0 Å². The summed E-state index contributed by atoms with van der Waals surface area (Å²) in [5.41, 5.74) is 0. The zero-order valence-corrected chi connectivity index (χ0v) is 16.1. The van der Waals surface area contributed by atoms with Gasteiger partial charge >= 0.3 is 0 Å². The van der Waals surface area contributed by atoms with E-state index in [2.05, 4.69) is 36.4 Å². The molecule has 0 aliphatic carbocycles. The van der Waals surface area contributed by atoms with Gasteiger partial charge in [0.1, 0.15) is 0 Å². The van der Waals surface area contributed by atoms with E-state index in [1.165, 1.54) is 30.3 Å². The molecule has 0 fully saturated rings. The fourth-order valence-corrected chi connectivity index (χ4v) is 7.44. The van der Waals surface area contributed by atoms with Gasteiger partial charge in [0.05, 0.1) is 9.40 Å². The minimum absolute atomic E-state index is 0.00326. The van der Waals surface area contributed by atoms with E-state index >= 15 is 0 Å². The topological polar surface area (TPSA) is 40.5 Å². The van der Waals surface area contributed by atoms with Crippen LogP contribution in [0.2, 0.25) is 0 Å². The van der Waals surface area contributed by atoms with Crippen LogP contribution in [0.1, 0.15) is 0 Å². The Bertz CT molecular complexity index is 1740. The summed E-state index contributed by atoms with van der Waals surface area (Å²) in [7, 11) is 0. The number of fused-ring (bicyclic) bond motifs is 5. The number of thiophene rings is 2. The van der Waals surface area contributed by atoms with E-state index < -0.39 is 0 Å². The summed E-state index contributed by atoms with van der Waals surface area (Å²) in [6, 6.07) is 21.0. The van der Waals surface area contributed by atoms with Gasteiger partial charge in [-0.05, 0) is 33.7 Å². The lowest BCUT2D eigenvalue weighted by molar-refractivity contribution is 0.413. The van der Waals surface area contributed by atoms with Crippen molar-refractivity contribution in [3.8, 4) is 11.5 Å². The van der Waals surface area contributed by atoms with Gasteiger partial charge in [0.15, 0.2) is 11.5 Å². The first-order chi connectivity index (χ1) is 13.7. The molecular weight excluding hydrogens is 384 g/mol. The smallest absolute Gasteiger partial charge is 0.167 e. The van der Waals surface area contributed by atoms with Crippen molar-refractivity contribution >= 4 is 84.6 Å². The maximum atomic E-state index is 10.7. The fraction of sp³-hybridized carbons (Fsp3) is 0. The van der Waals surface area contributed by atoms with Crippen LogP contribution in [0, 0.1) is 0 Å². The molecule has 8 rings (SSSR count). The van der Waals surface area contributed by atoms with Crippen LogP contribution < -0.4 is 0 Å². The molecule has 2 heterocycles. The Balaban J connectivity index is 1.79. The Morgan fingerprint density at radius 1 is 0.536 bits per heavy atom. The predicted octanol–water partition coefficient (Wildman–Crippen LogP) is 7.58. The van der Waals surface area contributed by atoms with Gasteiger partial charge in [0.2, 0.25) is 0 Å². The normalized spacial score (nSPS) is 12.6. The van der Waals surface area contributed by atoms with Crippen LogP contribution in [0.25, 0.3) is 61.9 Å². The lowest BCUT2D eigenvalue weighted by Gasteiger charge is -2.14. The van der Waals surface area contributed by atoms with Crippen LogP contribution in [0.5, 0.6) is 11.5 Å². The molecule has 0 saturated carbocycles. The molecule has 2 nitrogen and oxygen atoms in total. The predicted molar refractivity (Wildman–Crippen MR) is 122 cm³/mol. The highest BCUT2D eigenvalue weighted by molar-refractivity contribution is 7.37. The molecule has 2 aromatic heterocycles. The molecule has 0 saturated heterocycles. The SMILES string of the molecule is Oc1c(O)c2c3ccccc3c1c1sc3c4cc5ccccc5cc4sc3c12. The number of hydrogen-bond acceptors (Lipinski definition) is 4. The van der Waals surface area contributed by atoms with Gasteiger partial charge < -0.3 is 10.2 Å². The Hall–Kier alpha value is -3.08. The van der Waals surface area contributed by atoms with E-state index in [9.17, 15) is 10.2 Å². The summed E-state index contributed by atoms with van der Waals surface area (Å²) >= 11 is 3.50. The average molecular weight is 396 g/mol. The van der Waals surface area contributed by atoms with Crippen LogP contribution in [0.4, 0.5) is 0 Å². The van der Waals surface area contributed by atoms with Crippen LogP contribution in [0.3, 0.4) is 0 Å². The van der Waals surface area contributed by atoms with Gasteiger partial charge in [-0.25, -0.2) is 0 Å². The first kappa shape index (κ1) is 14.9. The largest absolute Gasteiger partial charge is 0.504 e. The zero-order chi connectivity index (χ0) is 18.6. The lowest BCUT2D eigenvalue weighted by Crippen LogP contribution is -1.85. The number of phenolic OH excluding ortho intramolecular Hbond substituents is 2. The molecule has 28 heavy (non-hydrogen) atoms. The second-order valence-corrected chi connectivity index (χ2v) is 9.33. The molecule has 2 N–H and O–H groups in total. The first-order valence-electron chi connectivity index (χ1n) is 9.07. The standard InChI is InChI=1S/C24H12O2S2/c25-20-17-13-7-3-4-8-14(13)18(21(20)26)23-19(17)24-22(28-23)15-9-11-5-1-2-6-12(11)10-16(15)27-24/h1-10,25-26H. The molecule has 6 aromatic carbocycles. The number of rotatable bonds is 0. The van der Waals surface area contributed by atoms with Gasteiger partial charge in [-0.15, -0.1) is 22.7 Å². The van der Waals surface area contributed by atoms with Crippen molar-refractivity contribution in [3.05, 3.63) is 60.7 Å². The van der Waals surface area contributed by atoms with Gasteiger partial charge in [-0.2, -0.15) is 0 Å². The summed E-state index contributed by atoms with van der Waals surface area (Å²) in [6.45, 7) is 0. The van der Waals surface area contributed by atoms with Crippen LogP contribution in [0.15, 0.2) is 60.7 Å². The molecular formula is C24H12O2S2. The van der Waals surface area contributed by atoms with Crippen molar-refractivity contribution < 1.29 is 10.2 Å². The Labute approximate surface area is 166 Å². The monoisotopic (exact) mass is 396 g/mol. The van der Waals surface area contributed by atoms with Crippen LogP contribution >= 0.6 is 22.7 Å². The Morgan fingerprint density at radius 2 is 1.18 bits per heavy atom. The molecule has 0 amide bonds. The maximum Gasteiger partial charge on any atom is 0.167 e. The van der Waals surface area contributed by atoms with Gasteiger partial charge in [0.25, 0.3) is 0 Å². The number of phenols is 4. The summed E-state index contributed by atoms with van der Waals surface area (Å²) < 4.78 is 4.77. The third-order valence-corrected chi connectivity index (χ3v) is 8.35. The van der Waals surface area contributed by atoms with E-state index in [1.54, 1.807) is 22.7 Å². The fourth-order valence-electron chi connectivity index (χ4n) is 4.58. The minimum atomic E-state index is 0.00326. The quantitative estimate of drug-likeness (QED) is 0.259. The molecule has 0 aliphatic heterocycles. The van der Waals surface area contributed by atoms with E-state index in [-0.39, 0.29) is 11.5 Å². The summed E-state index contributed by atoms with van der Waals surface area (Å²) in [4.78, 5) is 0. The molecule has 8 aromatic rings. The van der Waals surface area contributed by atoms with Crippen molar-refractivity contribution in [1.82, 2.24) is 0 Å². The van der Waals surface area contributed by atoms with Gasteiger partial charge in [-0.1, -0.05) is 48.5 Å². The average Bonchev–Trinajstić information content (AvgIpc) is 3.25. The van der Waals surface area contributed by atoms with Crippen molar-refractivity contribution in [2.45, 2.75) is 0 Å². The van der Waals surface area contributed by atoms with Crippen molar-refractivity contribution in [2.75, 3.05) is 0 Å². The molecule has 0 atom stereocenters. The second kappa shape index (κ2) is 4.85. The van der Waals surface area contributed by atoms with Crippen molar-refractivity contribution in [1.29, 1.82) is 0 Å². The molecule has 0 radical (unpaired) electrons. The summed E-state index contributed by atoms with van der Waals surface area (Å²) in [5, 5.41) is 29.7. The highest BCUT2D eigenvalue weighted by Crippen LogP contribution is 2.57. The molecule has 0 unspecified atom stereocenters. The maximum absolute atomic E-state index is 10.7. The van der Waals surface area contributed by atoms with Crippen molar-refractivity contribution in [3.63, 3.8) is 0 Å². The molecule has 0 aliphatic rings. The highest BCUT2D eigenvalue weighted by Gasteiger charge is 2.25. The van der Waals surface area contributed by atoms with Crippen LogP contribution in [-0.4, -0.2) is 10.2 Å². The Morgan fingerprint density at radius 3 is 1.96 bits per heavy atom. The third kappa shape index (κ3) is 1.60. The summed E-state index contributed by atoms with van der Waals surface area (Å²) in [6.07, 6.45) is 0. The second-order valence-electron chi connectivity index (χ2n) is 7.25. The molecule has 132 valence electrons. The van der Waals surface area contributed by atoms with Gasteiger partial charge in [0, 0.05) is 30.9 Å². The summed E-state index contributed by atoms with van der Waals surface area (Å²) in [5.74, 6) is 0.00776. The highest BCUT2D eigenvalue weighted by atomic mass is 32.1. The number of hydrogen-bond donors (Lipinski definition) is 2. The Kier molecular flexibility index (Phi) is 2.58. The van der Waals surface area contributed by atoms with Gasteiger partial charge in [-0.3, -0.25) is 0 Å². The van der Waals surface area contributed by atoms with E-state index in [0.29, 0.717) is 0 Å². The first-order valence-corrected chi connectivity index (χ1v) is 10.7. The third-order valence-electron chi connectivity index (χ3n) is 5.81. The van der Waals surface area contributed by atoms with Crippen molar-refractivity contribution in [2.24, 2.45) is 0 Å². The van der Waals surface area contributed by atoms with E-state index in [0.717, 1.165) is 31.6 Å². The number of aromatic hydroxyl groups is 2. The minimum Gasteiger partial charge on any atom is -0.504 e. The molecule has 4 heteroatoms. The molecule has 2 bridgehead atoms. The lowest BCUT2D eigenvalue weighted by atomic mass is 9.94. The van der Waals surface area contributed by atoms with E-state index in [4.69, 9.17) is 0 Å².